The van der Waals surface area contributed by atoms with E-state index in [1.165, 1.54) is 32.1 Å². The predicted molar refractivity (Wildman–Crippen MR) is 77.8 cm³/mol. The van der Waals surface area contributed by atoms with Gasteiger partial charge in [0.1, 0.15) is 0 Å². The van der Waals surface area contributed by atoms with Crippen molar-refractivity contribution in [3.63, 3.8) is 0 Å². The fraction of sp³-hybridized carbons (Fsp3) is 0.538. The molecule has 2 heterocycles. The average Bonchev–Trinajstić information content (AvgIpc) is 2.99. The highest BCUT2D eigenvalue weighted by Gasteiger charge is 2.16. The molecule has 19 heavy (non-hydrogen) atoms. The summed E-state index contributed by atoms with van der Waals surface area (Å²) in [7, 11) is 0. The molecule has 1 aliphatic rings. The van der Waals surface area contributed by atoms with E-state index in [4.69, 9.17) is 5.73 Å². The highest BCUT2D eigenvalue weighted by atomic mass is 79.9. The van der Waals surface area contributed by atoms with Gasteiger partial charge in [0.25, 0.3) is 0 Å². The Hall–Kier alpha value is -1.30. The first-order chi connectivity index (χ1) is 9.22. The molecule has 6 heteroatoms. The monoisotopic (exact) mass is 323 g/mol. The Morgan fingerprint density at radius 2 is 2.05 bits per heavy atom. The molecule has 0 amide bonds. The van der Waals surface area contributed by atoms with Crippen molar-refractivity contribution < 1.29 is 0 Å². The second-order valence-electron chi connectivity index (χ2n) is 5.14. The Bertz CT molecular complexity index is 534. The van der Waals surface area contributed by atoms with Crippen LogP contribution in [0.1, 0.15) is 43.8 Å². The molecule has 0 spiro atoms. The smallest absolute Gasteiger partial charge is 0.159 e. The van der Waals surface area contributed by atoms with E-state index < -0.39 is 0 Å². The molecule has 102 valence electrons. The first kappa shape index (κ1) is 12.7. The van der Waals surface area contributed by atoms with E-state index in [2.05, 4.69) is 43.1 Å². The van der Waals surface area contributed by atoms with Crippen molar-refractivity contribution in [1.82, 2.24) is 19.6 Å². The van der Waals surface area contributed by atoms with Crippen LogP contribution in [0.15, 0.2) is 22.9 Å². The lowest BCUT2D eigenvalue weighted by Gasteiger charge is -2.21. The molecule has 0 aliphatic heterocycles. The molecule has 1 saturated carbocycles. The van der Waals surface area contributed by atoms with Crippen molar-refractivity contribution in [2.45, 2.75) is 44.7 Å². The lowest BCUT2D eigenvalue weighted by molar-refractivity contribution is 0.327. The van der Waals surface area contributed by atoms with E-state index in [1.54, 1.807) is 0 Å². The van der Waals surface area contributed by atoms with Gasteiger partial charge in [-0.2, -0.15) is 10.2 Å². The van der Waals surface area contributed by atoms with Crippen LogP contribution in [0.3, 0.4) is 0 Å². The van der Waals surface area contributed by atoms with Crippen LogP contribution >= 0.6 is 15.9 Å². The zero-order valence-electron chi connectivity index (χ0n) is 10.8. The van der Waals surface area contributed by atoms with Gasteiger partial charge in [-0.1, -0.05) is 19.3 Å². The number of hydrogen-bond acceptors (Lipinski definition) is 3. The van der Waals surface area contributed by atoms with Crippen LogP contribution in [-0.4, -0.2) is 19.6 Å². The summed E-state index contributed by atoms with van der Waals surface area (Å²) in [6.45, 7) is 0.662. The number of nitrogen functional groups attached to an aromatic ring is 1. The van der Waals surface area contributed by atoms with E-state index >= 15 is 0 Å². The van der Waals surface area contributed by atoms with Crippen molar-refractivity contribution in [2.75, 3.05) is 5.73 Å². The molecular weight excluding hydrogens is 306 g/mol. The van der Waals surface area contributed by atoms with Gasteiger partial charge >= 0.3 is 0 Å². The number of nitrogens with two attached hydrogens (primary N) is 1. The van der Waals surface area contributed by atoms with E-state index in [-0.39, 0.29) is 0 Å². The zero-order valence-corrected chi connectivity index (χ0v) is 12.4. The van der Waals surface area contributed by atoms with Crippen LogP contribution in [0, 0.1) is 0 Å². The highest BCUT2D eigenvalue weighted by molar-refractivity contribution is 9.10. The lowest BCUT2D eigenvalue weighted by atomic mass is 9.96. The number of halogens is 1. The van der Waals surface area contributed by atoms with E-state index in [0.717, 1.165) is 10.2 Å². The molecule has 2 N–H and O–H groups in total. The molecule has 0 radical (unpaired) electrons. The van der Waals surface area contributed by atoms with Gasteiger partial charge in [-0.15, -0.1) is 0 Å². The maximum absolute atomic E-state index is 5.71. The third-order valence-electron chi connectivity index (χ3n) is 3.68. The Labute approximate surface area is 120 Å². The topological polar surface area (TPSA) is 61.7 Å². The third-order valence-corrected chi connectivity index (χ3v) is 4.29. The summed E-state index contributed by atoms with van der Waals surface area (Å²) in [4.78, 5) is 0. The van der Waals surface area contributed by atoms with E-state index in [1.807, 2.05) is 10.9 Å². The molecule has 1 aliphatic carbocycles. The number of anilines is 1. The minimum absolute atomic E-state index is 0.520. The maximum Gasteiger partial charge on any atom is 0.159 e. The van der Waals surface area contributed by atoms with Crippen molar-refractivity contribution in [1.29, 1.82) is 0 Å². The zero-order chi connectivity index (χ0) is 13.2. The second kappa shape index (κ2) is 5.36. The fourth-order valence-electron chi connectivity index (χ4n) is 2.67. The molecule has 3 rings (SSSR count). The summed E-state index contributed by atoms with van der Waals surface area (Å²) in [6.07, 6.45) is 10.5. The second-order valence-corrected chi connectivity index (χ2v) is 5.99. The van der Waals surface area contributed by atoms with Gasteiger partial charge in [-0.05, 0) is 34.8 Å². The first-order valence-electron chi connectivity index (χ1n) is 6.75. The highest BCUT2D eigenvalue weighted by Crippen LogP contribution is 2.27. The normalized spacial score (nSPS) is 16.9. The van der Waals surface area contributed by atoms with E-state index in [9.17, 15) is 0 Å². The summed E-state index contributed by atoms with van der Waals surface area (Å²) < 4.78 is 4.77. The number of rotatable bonds is 3. The van der Waals surface area contributed by atoms with E-state index in [0.29, 0.717) is 18.4 Å². The Kier molecular flexibility index (Phi) is 3.59. The van der Waals surface area contributed by atoms with Crippen LogP contribution < -0.4 is 5.73 Å². The number of aromatic nitrogens is 4. The van der Waals surface area contributed by atoms with Crippen molar-refractivity contribution in [3.05, 3.63) is 28.6 Å². The predicted octanol–water partition coefficient (Wildman–Crippen LogP) is 2.98. The van der Waals surface area contributed by atoms with Crippen LogP contribution in [0.2, 0.25) is 0 Å². The summed E-state index contributed by atoms with van der Waals surface area (Å²) in [5.41, 5.74) is 6.74. The van der Waals surface area contributed by atoms with Gasteiger partial charge in [0.15, 0.2) is 5.82 Å². The van der Waals surface area contributed by atoms with Gasteiger partial charge in [-0.25, -0.2) is 0 Å². The van der Waals surface area contributed by atoms with Gasteiger partial charge in [-0.3, -0.25) is 9.36 Å². The molecule has 0 aromatic carbocycles. The molecule has 0 unspecified atom stereocenters. The van der Waals surface area contributed by atoms with Crippen molar-refractivity contribution in [3.8, 4) is 0 Å². The SMILES string of the molecule is Nc1nn(Cc2ccn(C3CCCCC3)n2)cc1Br. The molecule has 0 atom stereocenters. The summed E-state index contributed by atoms with van der Waals surface area (Å²) >= 11 is 3.36. The average molecular weight is 324 g/mol. The largest absolute Gasteiger partial charge is 0.381 e. The van der Waals surface area contributed by atoms with Crippen molar-refractivity contribution >= 4 is 21.7 Å². The molecule has 2 aromatic heterocycles. The third kappa shape index (κ3) is 2.83. The molecule has 2 aromatic rings. The number of hydrogen-bond donors (Lipinski definition) is 1. The summed E-state index contributed by atoms with van der Waals surface area (Å²) in [5, 5.41) is 8.89. The molecular formula is C13H18BrN5. The van der Waals surface area contributed by atoms with Crippen LogP contribution in [0.5, 0.6) is 0 Å². The Balaban J connectivity index is 1.70. The minimum atomic E-state index is 0.520. The number of nitrogens with zero attached hydrogens (tertiary/aromatic N) is 4. The molecule has 1 fully saturated rings. The van der Waals surface area contributed by atoms with Gasteiger partial charge in [0.2, 0.25) is 0 Å². The minimum Gasteiger partial charge on any atom is -0.381 e. The van der Waals surface area contributed by atoms with Gasteiger partial charge in [0.05, 0.1) is 22.8 Å². The standard InChI is InChI=1S/C13H18BrN5/c14-12-9-18(17-13(12)15)8-10-6-7-19(16-10)11-4-2-1-3-5-11/h6-7,9,11H,1-5,8H2,(H2,15,17). The first-order valence-corrected chi connectivity index (χ1v) is 7.54. The van der Waals surface area contributed by atoms with Gasteiger partial charge < -0.3 is 5.73 Å². The van der Waals surface area contributed by atoms with Crippen molar-refractivity contribution in [2.24, 2.45) is 0 Å². The Morgan fingerprint density at radius 1 is 1.26 bits per heavy atom. The van der Waals surface area contributed by atoms with Crippen LogP contribution in [0.25, 0.3) is 0 Å². The summed E-state index contributed by atoms with van der Waals surface area (Å²) in [6, 6.07) is 2.65. The van der Waals surface area contributed by atoms with Gasteiger partial charge in [0, 0.05) is 12.4 Å². The molecule has 0 saturated heterocycles. The lowest BCUT2D eigenvalue weighted by Crippen LogP contribution is -2.13. The molecule has 5 nitrogen and oxygen atoms in total. The Morgan fingerprint density at radius 3 is 2.74 bits per heavy atom. The fourth-order valence-corrected chi connectivity index (χ4v) is 2.99. The summed E-state index contributed by atoms with van der Waals surface area (Å²) in [5.74, 6) is 0.520. The van der Waals surface area contributed by atoms with Crippen LogP contribution in [-0.2, 0) is 6.54 Å². The van der Waals surface area contributed by atoms with Crippen LogP contribution in [0.4, 0.5) is 5.82 Å². The maximum atomic E-state index is 5.71. The quantitative estimate of drug-likeness (QED) is 0.944. The molecule has 0 bridgehead atoms.